The van der Waals surface area contributed by atoms with E-state index in [0.717, 1.165) is 18.4 Å². The summed E-state index contributed by atoms with van der Waals surface area (Å²) in [6, 6.07) is 0. The number of nitrogens with one attached hydrogen (secondary N) is 2. The van der Waals surface area contributed by atoms with E-state index in [4.69, 9.17) is 0 Å². The summed E-state index contributed by atoms with van der Waals surface area (Å²) in [5, 5.41) is 0. The van der Waals surface area contributed by atoms with Crippen LogP contribution in [0.15, 0.2) is 23.4 Å². The summed E-state index contributed by atoms with van der Waals surface area (Å²) >= 11 is 0. The molecule has 0 saturated carbocycles. The Labute approximate surface area is 79.1 Å². The van der Waals surface area contributed by atoms with Crippen molar-refractivity contribution >= 4 is 0 Å². The molecular weight excluding hydrogens is 160 g/mol. The Morgan fingerprint density at radius 1 is 1.15 bits per heavy atom. The van der Waals surface area contributed by atoms with Crippen molar-refractivity contribution in [2.45, 2.75) is 25.7 Å². The first-order valence-electron chi connectivity index (χ1n) is 5.34. The minimum atomic E-state index is 0.772. The zero-order valence-corrected chi connectivity index (χ0v) is 7.84. The molecule has 0 spiro atoms. The number of hydrazine groups is 1. The topological polar surface area (TPSA) is 24.1 Å². The van der Waals surface area contributed by atoms with Crippen LogP contribution in [0.2, 0.25) is 0 Å². The average molecular weight is 176 g/mol. The van der Waals surface area contributed by atoms with Crippen molar-refractivity contribution in [3.05, 3.63) is 23.4 Å². The average Bonchev–Trinajstić information content (AvgIpc) is 2.65. The maximum atomic E-state index is 3.34. The van der Waals surface area contributed by atoms with Gasteiger partial charge in [-0.05, 0) is 37.2 Å². The zero-order valence-electron chi connectivity index (χ0n) is 7.84. The molecule has 0 aromatic carbocycles. The van der Waals surface area contributed by atoms with E-state index < -0.39 is 0 Å². The lowest BCUT2D eigenvalue weighted by molar-refractivity contribution is 0.417. The first kappa shape index (κ1) is 7.63. The molecule has 1 aliphatic heterocycles. The fourth-order valence-electron chi connectivity index (χ4n) is 2.84. The summed E-state index contributed by atoms with van der Waals surface area (Å²) in [7, 11) is 0. The van der Waals surface area contributed by atoms with Crippen LogP contribution in [0.4, 0.5) is 0 Å². The van der Waals surface area contributed by atoms with Crippen LogP contribution in [0.3, 0.4) is 0 Å². The molecule has 2 heteroatoms. The molecule has 0 aromatic heterocycles. The fourth-order valence-corrected chi connectivity index (χ4v) is 2.84. The normalized spacial score (nSPS) is 36.9. The second-order valence-corrected chi connectivity index (χ2v) is 4.33. The van der Waals surface area contributed by atoms with Crippen LogP contribution in [0.1, 0.15) is 25.7 Å². The van der Waals surface area contributed by atoms with Crippen LogP contribution in [0, 0.1) is 11.8 Å². The predicted molar refractivity (Wildman–Crippen MR) is 52.8 cm³/mol. The third-order valence-corrected chi connectivity index (χ3v) is 3.57. The summed E-state index contributed by atoms with van der Waals surface area (Å²) in [5.74, 6) is 1.62. The highest BCUT2D eigenvalue weighted by atomic mass is 15.4. The van der Waals surface area contributed by atoms with Crippen molar-refractivity contribution < 1.29 is 0 Å². The van der Waals surface area contributed by atoms with Crippen molar-refractivity contribution in [3.63, 3.8) is 0 Å². The van der Waals surface area contributed by atoms with Gasteiger partial charge in [0.2, 0.25) is 0 Å². The number of fused-ring (bicyclic) bond motifs is 2. The molecule has 1 heterocycles. The van der Waals surface area contributed by atoms with Gasteiger partial charge < -0.3 is 5.43 Å². The molecule has 2 nitrogen and oxygen atoms in total. The van der Waals surface area contributed by atoms with E-state index in [1.54, 1.807) is 5.57 Å². The second kappa shape index (κ2) is 2.88. The monoisotopic (exact) mass is 176 g/mol. The molecule has 2 atom stereocenters. The van der Waals surface area contributed by atoms with Crippen LogP contribution in [0.25, 0.3) is 0 Å². The maximum absolute atomic E-state index is 3.34. The standard InChI is InChI=1S/C11H16N2/c1-2-4-10-8(3-1)5-6-9-7-12-13-11(9)10/h2,4,8-9,12-13H,1,3,5-7H2. The molecule has 1 saturated heterocycles. The van der Waals surface area contributed by atoms with Gasteiger partial charge in [-0.15, -0.1) is 0 Å². The molecule has 13 heavy (non-hydrogen) atoms. The van der Waals surface area contributed by atoms with E-state index in [9.17, 15) is 0 Å². The lowest BCUT2D eigenvalue weighted by Crippen LogP contribution is -2.24. The lowest BCUT2D eigenvalue weighted by Gasteiger charge is -2.30. The van der Waals surface area contributed by atoms with E-state index in [1.807, 2.05) is 0 Å². The summed E-state index contributed by atoms with van der Waals surface area (Å²) in [6.07, 6.45) is 10.1. The Hall–Kier alpha value is -0.760. The summed E-state index contributed by atoms with van der Waals surface area (Å²) in [6.45, 7) is 1.12. The smallest absolute Gasteiger partial charge is 0.0340 e. The van der Waals surface area contributed by atoms with Gasteiger partial charge in [0.15, 0.2) is 0 Å². The van der Waals surface area contributed by atoms with Gasteiger partial charge in [0, 0.05) is 18.2 Å². The molecule has 1 fully saturated rings. The number of rotatable bonds is 0. The molecule has 2 aliphatic carbocycles. The van der Waals surface area contributed by atoms with Gasteiger partial charge in [0.1, 0.15) is 0 Å². The van der Waals surface area contributed by atoms with Gasteiger partial charge in [-0.1, -0.05) is 12.2 Å². The Morgan fingerprint density at radius 3 is 3.08 bits per heavy atom. The molecular formula is C11H16N2. The summed E-state index contributed by atoms with van der Waals surface area (Å²) in [4.78, 5) is 0. The predicted octanol–water partition coefficient (Wildman–Crippen LogP) is 1.72. The number of hydrogen-bond acceptors (Lipinski definition) is 2. The molecule has 3 aliphatic rings. The highest BCUT2D eigenvalue weighted by Crippen LogP contribution is 2.39. The van der Waals surface area contributed by atoms with Crippen molar-refractivity contribution in [3.8, 4) is 0 Å². The first-order chi connectivity index (χ1) is 6.45. The van der Waals surface area contributed by atoms with Gasteiger partial charge in [-0.2, -0.15) is 0 Å². The van der Waals surface area contributed by atoms with E-state index in [-0.39, 0.29) is 0 Å². The van der Waals surface area contributed by atoms with Gasteiger partial charge in [0.25, 0.3) is 0 Å². The van der Waals surface area contributed by atoms with Crippen LogP contribution in [-0.2, 0) is 0 Å². The molecule has 0 amide bonds. The maximum Gasteiger partial charge on any atom is 0.0340 e. The zero-order chi connectivity index (χ0) is 8.67. The Bertz CT molecular complexity index is 278. The van der Waals surface area contributed by atoms with Gasteiger partial charge in [-0.25, -0.2) is 5.43 Å². The Balaban J connectivity index is 2.03. The second-order valence-electron chi connectivity index (χ2n) is 4.33. The molecule has 3 rings (SSSR count). The molecule has 2 N–H and O–H groups in total. The van der Waals surface area contributed by atoms with Gasteiger partial charge in [0.05, 0.1) is 0 Å². The number of allylic oxidation sites excluding steroid dienone is 3. The highest BCUT2D eigenvalue weighted by molar-refractivity contribution is 5.34. The highest BCUT2D eigenvalue weighted by Gasteiger charge is 2.32. The van der Waals surface area contributed by atoms with Gasteiger partial charge >= 0.3 is 0 Å². The Kier molecular flexibility index (Phi) is 1.69. The summed E-state index contributed by atoms with van der Waals surface area (Å²) < 4.78 is 0. The first-order valence-corrected chi connectivity index (χ1v) is 5.34. The van der Waals surface area contributed by atoms with Gasteiger partial charge in [-0.3, -0.25) is 0 Å². The fraction of sp³-hybridized carbons (Fsp3) is 0.636. The van der Waals surface area contributed by atoms with E-state index in [1.165, 1.54) is 31.4 Å². The molecule has 70 valence electrons. The van der Waals surface area contributed by atoms with Crippen LogP contribution < -0.4 is 10.9 Å². The SMILES string of the molecule is C1=CC2=C3NNCC3CCC2CC1. The molecule has 0 aromatic rings. The lowest BCUT2D eigenvalue weighted by atomic mass is 9.76. The van der Waals surface area contributed by atoms with Crippen molar-refractivity contribution in [1.29, 1.82) is 0 Å². The van der Waals surface area contributed by atoms with E-state index >= 15 is 0 Å². The minimum Gasteiger partial charge on any atom is -0.325 e. The minimum absolute atomic E-state index is 0.772. The molecule has 0 radical (unpaired) electrons. The number of hydrogen-bond donors (Lipinski definition) is 2. The van der Waals surface area contributed by atoms with Crippen LogP contribution in [-0.4, -0.2) is 6.54 Å². The van der Waals surface area contributed by atoms with Crippen molar-refractivity contribution in [1.82, 2.24) is 10.9 Å². The third kappa shape index (κ3) is 1.12. The van der Waals surface area contributed by atoms with E-state index in [0.29, 0.717) is 0 Å². The van der Waals surface area contributed by atoms with Crippen LogP contribution in [0.5, 0.6) is 0 Å². The third-order valence-electron chi connectivity index (χ3n) is 3.57. The quantitative estimate of drug-likeness (QED) is 0.587. The van der Waals surface area contributed by atoms with Crippen molar-refractivity contribution in [2.75, 3.05) is 6.54 Å². The summed E-state index contributed by atoms with van der Waals surface area (Å²) in [5.41, 5.74) is 9.67. The molecule has 0 bridgehead atoms. The van der Waals surface area contributed by atoms with Crippen molar-refractivity contribution in [2.24, 2.45) is 11.8 Å². The Morgan fingerprint density at radius 2 is 2.08 bits per heavy atom. The molecule has 2 unspecified atom stereocenters. The van der Waals surface area contributed by atoms with Crippen LogP contribution >= 0.6 is 0 Å². The van der Waals surface area contributed by atoms with E-state index in [2.05, 4.69) is 23.0 Å². The largest absolute Gasteiger partial charge is 0.325 e.